The van der Waals surface area contributed by atoms with E-state index in [9.17, 15) is 0 Å². The number of fused-ring (bicyclic) bond motifs is 1. The predicted octanol–water partition coefficient (Wildman–Crippen LogP) is 3.35. The number of para-hydroxylation sites is 1. The molecule has 0 unspecified atom stereocenters. The first-order chi connectivity index (χ1) is 10.1. The molecule has 4 heteroatoms. The van der Waals surface area contributed by atoms with Gasteiger partial charge in [-0.15, -0.1) is 0 Å². The summed E-state index contributed by atoms with van der Waals surface area (Å²) < 4.78 is 7.88. The van der Waals surface area contributed by atoms with Crippen LogP contribution in [0.4, 0.5) is 5.69 Å². The molecule has 3 aromatic rings. The third-order valence-electron chi connectivity index (χ3n) is 3.83. The second-order valence-electron chi connectivity index (χ2n) is 5.30. The van der Waals surface area contributed by atoms with Gasteiger partial charge in [0.15, 0.2) is 0 Å². The summed E-state index contributed by atoms with van der Waals surface area (Å²) >= 11 is 0. The Hall–Kier alpha value is -2.49. The summed E-state index contributed by atoms with van der Waals surface area (Å²) in [6.07, 6.45) is 0. The maximum atomic E-state index is 6.00. The number of aromatic nitrogens is 2. The van der Waals surface area contributed by atoms with Crippen LogP contribution < -0.4 is 10.5 Å². The summed E-state index contributed by atoms with van der Waals surface area (Å²) in [5.74, 6) is 0.852. The number of hydrogen-bond acceptors (Lipinski definition) is 3. The van der Waals surface area contributed by atoms with E-state index < -0.39 is 0 Å². The summed E-state index contributed by atoms with van der Waals surface area (Å²) in [5, 5.41) is 5.67. The molecule has 0 fully saturated rings. The van der Waals surface area contributed by atoms with Gasteiger partial charge in [-0.2, -0.15) is 5.10 Å². The van der Waals surface area contributed by atoms with Gasteiger partial charge in [-0.05, 0) is 31.5 Å². The van der Waals surface area contributed by atoms with Crippen LogP contribution in [0, 0.1) is 13.8 Å². The molecule has 0 saturated heterocycles. The Morgan fingerprint density at radius 3 is 2.71 bits per heavy atom. The van der Waals surface area contributed by atoms with Crippen LogP contribution >= 0.6 is 0 Å². The number of nitrogen functional groups attached to an aromatic ring is 1. The van der Waals surface area contributed by atoms with E-state index in [0.717, 1.165) is 39.2 Å². The van der Waals surface area contributed by atoms with Gasteiger partial charge in [0.25, 0.3) is 0 Å². The van der Waals surface area contributed by atoms with Crippen molar-refractivity contribution in [3.63, 3.8) is 0 Å². The van der Waals surface area contributed by atoms with Gasteiger partial charge < -0.3 is 10.5 Å². The Kier molecular flexibility index (Phi) is 3.29. The molecule has 21 heavy (non-hydrogen) atoms. The summed E-state index contributed by atoms with van der Waals surface area (Å²) in [7, 11) is 1.95. The van der Waals surface area contributed by atoms with Crippen LogP contribution in [-0.2, 0) is 13.7 Å². The van der Waals surface area contributed by atoms with Crippen LogP contribution in [-0.4, -0.2) is 9.78 Å². The Morgan fingerprint density at radius 1 is 1.14 bits per heavy atom. The maximum Gasteiger partial charge on any atom is 0.133 e. The summed E-state index contributed by atoms with van der Waals surface area (Å²) in [5.41, 5.74) is 10.8. The zero-order chi connectivity index (χ0) is 15.0. The zero-order valence-electron chi connectivity index (χ0n) is 12.6. The predicted molar refractivity (Wildman–Crippen MR) is 85.4 cm³/mol. The molecule has 2 N–H and O–H groups in total. The van der Waals surface area contributed by atoms with E-state index in [1.54, 1.807) is 0 Å². The molecule has 0 aliphatic heterocycles. The molecular formula is C17H19N3O. The lowest BCUT2D eigenvalue weighted by molar-refractivity contribution is 0.297. The lowest BCUT2D eigenvalue weighted by Crippen LogP contribution is -2.02. The Morgan fingerprint density at radius 2 is 1.90 bits per heavy atom. The number of benzene rings is 2. The van der Waals surface area contributed by atoms with E-state index in [4.69, 9.17) is 10.5 Å². The van der Waals surface area contributed by atoms with E-state index in [2.05, 4.69) is 17.2 Å². The van der Waals surface area contributed by atoms with Crippen molar-refractivity contribution in [1.29, 1.82) is 0 Å². The quantitative estimate of drug-likeness (QED) is 0.749. The van der Waals surface area contributed by atoms with E-state index in [1.807, 2.05) is 49.8 Å². The maximum absolute atomic E-state index is 6.00. The molecule has 0 aliphatic carbocycles. The van der Waals surface area contributed by atoms with Gasteiger partial charge in [0, 0.05) is 23.7 Å². The SMILES string of the molecule is Cc1ccc(N)c(C)c1OCc1nn(C)c2ccccc12. The third-order valence-corrected chi connectivity index (χ3v) is 3.83. The molecule has 0 saturated carbocycles. The normalized spacial score (nSPS) is 11.0. The van der Waals surface area contributed by atoms with E-state index in [0.29, 0.717) is 6.61 Å². The number of ether oxygens (including phenoxy) is 1. The number of aryl methyl sites for hydroxylation is 2. The Balaban J connectivity index is 1.93. The van der Waals surface area contributed by atoms with Gasteiger partial charge in [0.05, 0.1) is 5.52 Å². The standard InChI is InChI=1S/C17H19N3O/c1-11-8-9-14(18)12(2)17(11)21-10-15-13-6-4-5-7-16(13)20(3)19-15/h4-9H,10,18H2,1-3H3. The van der Waals surface area contributed by atoms with Gasteiger partial charge in [0.1, 0.15) is 18.1 Å². The van der Waals surface area contributed by atoms with Crippen molar-refractivity contribution >= 4 is 16.6 Å². The molecule has 0 bridgehead atoms. The second kappa shape index (κ2) is 5.13. The van der Waals surface area contributed by atoms with Crippen molar-refractivity contribution in [2.45, 2.75) is 20.5 Å². The molecule has 1 heterocycles. The van der Waals surface area contributed by atoms with Crippen molar-refractivity contribution in [2.24, 2.45) is 7.05 Å². The molecule has 108 valence electrons. The highest BCUT2D eigenvalue weighted by atomic mass is 16.5. The average Bonchev–Trinajstić information content (AvgIpc) is 2.80. The molecule has 2 aromatic carbocycles. The van der Waals surface area contributed by atoms with Gasteiger partial charge in [-0.1, -0.05) is 24.3 Å². The number of hydrogen-bond donors (Lipinski definition) is 1. The number of nitrogens with two attached hydrogens (primary N) is 1. The first-order valence-electron chi connectivity index (χ1n) is 6.97. The van der Waals surface area contributed by atoms with E-state index >= 15 is 0 Å². The number of nitrogens with zero attached hydrogens (tertiary/aromatic N) is 2. The molecule has 0 aliphatic rings. The average molecular weight is 281 g/mol. The lowest BCUT2D eigenvalue weighted by Gasteiger charge is -2.13. The smallest absolute Gasteiger partial charge is 0.133 e. The molecule has 0 radical (unpaired) electrons. The minimum absolute atomic E-state index is 0.437. The highest BCUT2D eigenvalue weighted by Crippen LogP contribution is 2.29. The minimum Gasteiger partial charge on any atom is -0.487 e. The second-order valence-corrected chi connectivity index (χ2v) is 5.30. The van der Waals surface area contributed by atoms with Crippen molar-refractivity contribution in [2.75, 3.05) is 5.73 Å². The molecule has 3 rings (SSSR count). The van der Waals surface area contributed by atoms with Crippen LogP contribution in [0.5, 0.6) is 5.75 Å². The van der Waals surface area contributed by atoms with E-state index in [-0.39, 0.29) is 0 Å². The van der Waals surface area contributed by atoms with Gasteiger partial charge in [0.2, 0.25) is 0 Å². The molecule has 0 atom stereocenters. The van der Waals surface area contributed by atoms with Crippen LogP contribution in [0.15, 0.2) is 36.4 Å². The molecule has 0 spiro atoms. The van der Waals surface area contributed by atoms with Gasteiger partial charge in [-0.3, -0.25) is 4.68 Å². The highest BCUT2D eigenvalue weighted by Gasteiger charge is 2.11. The van der Waals surface area contributed by atoms with Gasteiger partial charge >= 0.3 is 0 Å². The monoisotopic (exact) mass is 281 g/mol. The number of rotatable bonds is 3. The fourth-order valence-corrected chi connectivity index (χ4v) is 2.60. The van der Waals surface area contributed by atoms with Crippen molar-refractivity contribution in [1.82, 2.24) is 9.78 Å². The van der Waals surface area contributed by atoms with Gasteiger partial charge in [-0.25, -0.2) is 0 Å². The van der Waals surface area contributed by atoms with E-state index in [1.165, 1.54) is 0 Å². The van der Waals surface area contributed by atoms with Crippen molar-refractivity contribution in [3.8, 4) is 5.75 Å². The first kappa shape index (κ1) is 13.5. The fraction of sp³-hybridized carbons (Fsp3) is 0.235. The van der Waals surface area contributed by atoms with Crippen LogP contribution in [0.2, 0.25) is 0 Å². The van der Waals surface area contributed by atoms with Crippen LogP contribution in [0.1, 0.15) is 16.8 Å². The van der Waals surface area contributed by atoms with Crippen molar-refractivity contribution < 1.29 is 4.74 Å². The molecular weight excluding hydrogens is 262 g/mol. The fourth-order valence-electron chi connectivity index (χ4n) is 2.60. The third kappa shape index (κ3) is 2.33. The highest BCUT2D eigenvalue weighted by molar-refractivity contribution is 5.81. The molecule has 1 aromatic heterocycles. The van der Waals surface area contributed by atoms with Crippen LogP contribution in [0.25, 0.3) is 10.9 Å². The first-order valence-corrected chi connectivity index (χ1v) is 6.97. The minimum atomic E-state index is 0.437. The summed E-state index contributed by atoms with van der Waals surface area (Å²) in [4.78, 5) is 0. The molecule has 4 nitrogen and oxygen atoms in total. The zero-order valence-corrected chi connectivity index (χ0v) is 12.6. The number of anilines is 1. The summed E-state index contributed by atoms with van der Waals surface area (Å²) in [6.45, 7) is 4.44. The molecule has 0 amide bonds. The Labute approximate surface area is 124 Å². The topological polar surface area (TPSA) is 53.1 Å². The summed E-state index contributed by atoms with van der Waals surface area (Å²) in [6, 6.07) is 12.1. The van der Waals surface area contributed by atoms with Crippen molar-refractivity contribution in [3.05, 3.63) is 53.2 Å². The Bertz CT molecular complexity index is 805. The lowest BCUT2D eigenvalue weighted by atomic mass is 10.1. The largest absolute Gasteiger partial charge is 0.487 e. The van der Waals surface area contributed by atoms with Crippen LogP contribution in [0.3, 0.4) is 0 Å².